The van der Waals surface area contributed by atoms with E-state index in [-0.39, 0.29) is 5.95 Å². The summed E-state index contributed by atoms with van der Waals surface area (Å²) in [5.74, 6) is 1.61. The van der Waals surface area contributed by atoms with Gasteiger partial charge in [0.2, 0.25) is 5.95 Å². The average molecular weight is 268 g/mol. The van der Waals surface area contributed by atoms with Gasteiger partial charge in [-0.05, 0) is 13.8 Å². The van der Waals surface area contributed by atoms with Crippen LogP contribution in [0.15, 0.2) is 10.6 Å². The van der Waals surface area contributed by atoms with Gasteiger partial charge in [0.25, 0.3) is 0 Å². The molecule has 0 atom stereocenters. The number of hydrogen-bond acceptors (Lipinski definition) is 6. The molecule has 7 heteroatoms. The lowest BCUT2D eigenvalue weighted by atomic mass is 10.2. The van der Waals surface area contributed by atoms with Crippen LogP contribution < -0.4 is 10.6 Å². The Morgan fingerprint density at radius 3 is 2.67 bits per heavy atom. The average Bonchev–Trinajstić information content (AvgIpc) is 2.59. The van der Waals surface area contributed by atoms with Gasteiger partial charge >= 0.3 is 0 Å². The molecule has 0 saturated heterocycles. The van der Waals surface area contributed by atoms with Crippen LogP contribution in [-0.2, 0) is 6.54 Å². The van der Waals surface area contributed by atoms with E-state index in [1.807, 2.05) is 25.8 Å². The van der Waals surface area contributed by atoms with E-state index in [0.29, 0.717) is 17.5 Å². The third-order valence-corrected chi connectivity index (χ3v) is 2.86. The second kappa shape index (κ2) is 4.81. The van der Waals surface area contributed by atoms with Gasteiger partial charge in [-0.3, -0.25) is 0 Å². The molecule has 0 spiro atoms. The van der Waals surface area contributed by atoms with Crippen molar-refractivity contribution < 1.29 is 4.52 Å². The Morgan fingerprint density at radius 1 is 1.39 bits per heavy atom. The summed E-state index contributed by atoms with van der Waals surface area (Å²) in [6.45, 7) is 4.40. The molecule has 0 radical (unpaired) electrons. The third kappa shape index (κ3) is 2.53. The lowest BCUT2D eigenvalue weighted by Gasteiger charge is -2.18. The molecule has 2 N–H and O–H groups in total. The number of nitrogens with zero attached hydrogens (tertiary/aromatic N) is 4. The highest BCUT2D eigenvalue weighted by molar-refractivity contribution is 6.29. The lowest BCUT2D eigenvalue weighted by Crippen LogP contribution is -2.19. The first-order valence-corrected chi connectivity index (χ1v) is 5.78. The van der Waals surface area contributed by atoms with E-state index in [1.54, 1.807) is 6.07 Å². The number of hydrogen-bond donors (Lipinski definition) is 1. The highest BCUT2D eigenvalue weighted by Gasteiger charge is 2.13. The molecule has 6 nitrogen and oxygen atoms in total. The quantitative estimate of drug-likeness (QED) is 0.856. The molecule has 0 fully saturated rings. The molecule has 0 saturated carbocycles. The van der Waals surface area contributed by atoms with Crippen LogP contribution in [0.3, 0.4) is 0 Å². The predicted octanol–water partition coefficient (Wildman–Crippen LogP) is 1.95. The van der Waals surface area contributed by atoms with Crippen LogP contribution in [0.2, 0.25) is 5.15 Å². The van der Waals surface area contributed by atoms with Crippen LogP contribution in [0.5, 0.6) is 0 Å². The van der Waals surface area contributed by atoms with Crippen molar-refractivity contribution >= 4 is 23.4 Å². The van der Waals surface area contributed by atoms with E-state index >= 15 is 0 Å². The Bertz CT molecular complexity index is 529. The summed E-state index contributed by atoms with van der Waals surface area (Å²) in [6, 6.07) is 1.66. The Balaban J connectivity index is 2.24. The summed E-state index contributed by atoms with van der Waals surface area (Å²) in [5, 5.41) is 4.24. The van der Waals surface area contributed by atoms with E-state index in [0.717, 1.165) is 17.0 Å². The van der Waals surface area contributed by atoms with Crippen molar-refractivity contribution in [1.82, 2.24) is 15.1 Å². The van der Waals surface area contributed by atoms with Crippen LogP contribution in [0.25, 0.3) is 0 Å². The molecule has 2 aromatic heterocycles. The molecule has 0 aromatic carbocycles. The minimum atomic E-state index is 0.156. The van der Waals surface area contributed by atoms with Gasteiger partial charge in [0.1, 0.15) is 16.7 Å². The Hall–Kier alpha value is -1.82. The molecule has 18 heavy (non-hydrogen) atoms. The molecular weight excluding hydrogens is 254 g/mol. The SMILES string of the molecule is Cc1noc(C)c1CN(C)c1cc(Cl)nc(N)n1. The monoisotopic (exact) mass is 267 g/mol. The van der Waals surface area contributed by atoms with Crippen molar-refractivity contribution in [2.75, 3.05) is 17.7 Å². The molecule has 0 aliphatic heterocycles. The highest BCUT2D eigenvalue weighted by Crippen LogP contribution is 2.20. The fraction of sp³-hybridized carbons (Fsp3) is 0.364. The maximum Gasteiger partial charge on any atom is 0.223 e. The van der Waals surface area contributed by atoms with Crippen LogP contribution in [0.1, 0.15) is 17.0 Å². The topological polar surface area (TPSA) is 81.1 Å². The van der Waals surface area contributed by atoms with Crippen LogP contribution in [0.4, 0.5) is 11.8 Å². The van der Waals surface area contributed by atoms with Crippen molar-refractivity contribution in [2.45, 2.75) is 20.4 Å². The standard InChI is InChI=1S/C11H14ClN5O/c1-6-8(7(2)18-16-6)5-17(3)10-4-9(12)14-11(13)15-10/h4H,5H2,1-3H3,(H2,13,14,15). The number of anilines is 2. The van der Waals surface area contributed by atoms with Gasteiger partial charge < -0.3 is 15.2 Å². The normalized spacial score (nSPS) is 10.7. The minimum absolute atomic E-state index is 0.156. The molecule has 2 aromatic rings. The van der Waals surface area contributed by atoms with Gasteiger partial charge in [0, 0.05) is 25.2 Å². The maximum atomic E-state index is 5.85. The minimum Gasteiger partial charge on any atom is -0.368 e. The number of aromatic nitrogens is 3. The highest BCUT2D eigenvalue weighted by atomic mass is 35.5. The summed E-state index contributed by atoms with van der Waals surface area (Å²) < 4.78 is 5.12. The summed E-state index contributed by atoms with van der Waals surface area (Å²) in [5.41, 5.74) is 7.47. The molecule has 2 heterocycles. The third-order valence-electron chi connectivity index (χ3n) is 2.67. The van der Waals surface area contributed by atoms with Crippen molar-refractivity contribution in [3.05, 3.63) is 28.2 Å². The molecule has 0 amide bonds. The number of aryl methyl sites for hydroxylation is 2. The zero-order chi connectivity index (χ0) is 13.3. The van der Waals surface area contributed by atoms with Gasteiger partial charge in [0.05, 0.1) is 5.69 Å². The summed E-state index contributed by atoms with van der Waals surface area (Å²) in [4.78, 5) is 9.87. The second-order valence-corrected chi connectivity index (χ2v) is 4.45. The molecule has 96 valence electrons. The Kier molecular flexibility index (Phi) is 3.38. The molecule has 2 rings (SSSR count). The van der Waals surface area contributed by atoms with Gasteiger partial charge in [-0.1, -0.05) is 16.8 Å². The predicted molar refractivity (Wildman–Crippen MR) is 69.5 cm³/mol. The van der Waals surface area contributed by atoms with Gasteiger partial charge in [-0.15, -0.1) is 0 Å². The number of rotatable bonds is 3. The Morgan fingerprint density at radius 2 is 2.11 bits per heavy atom. The first kappa shape index (κ1) is 12.6. The first-order valence-electron chi connectivity index (χ1n) is 5.40. The van der Waals surface area contributed by atoms with E-state index in [9.17, 15) is 0 Å². The fourth-order valence-corrected chi connectivity index (χ4v) is 1.85. The summed E-state index contributed by atoms with van der Waals surface area (Å²) >= 11 is 5.85. The van der Waals surface area contributed by atoms with Gasteiger partial charge in [0.15, 0.2) is 0 Å². The van der Waals surface area contributed by atoms with Crippen molar-refractivity contribution in [2.24, 2.45) is 0 Å². The van der Waals surface area contributed by atoms with Crippen LogP contribution >= 0.6 is 11.6 Å². The van der Waals surface area contributed by atoms with E-state index in [1.165, 1.54) is 0 Å². The van der Waals surface area contributed by atoms with Gasteiger partial charge in [-0.2, -0.15) is 4.98 Å². The lowest BCUT2D eigenvalue weighted by molar-refractivity contribution is 0.392. The summed E-state index contributed by atoms with van der Waals surface area (Å²) in [7, 11) is 1.89. The second-order valence-electron chi connectivity index (χ2n) is 4.07. The van der Waals surface area contributed by atoms with Gasteiger partial charge in [-0.25, -0.2) is 4.98 Å². The van der Waals surface area contributed by atoms with Crippen molar-refractivity contribution in [3.63, 3.8) is 0 Å². The van der Waals surface area contributed by atoms with Crippen molar-refractivity contribution in [1.29, 1.82) is 0 Å². The zero-order valence-corrected chi connectivity index (χ0v) is 11.2. The van der Waals surface area contributed by atoms with E-state index in [4.69, 9.17) is 21.9 Å². The maximum absolute atomic E-state index is 5.85. The molecule has 0 unspecified atom stereocenters. The van der Waals surface area contributed by atoms with E-state index < -0.39 is 0 Å². The number of nitrogen functional groups attached to an aromatic ring is 1. The van der Waals surface area contributed by atoms with E-state index in [2.05, 4.69) is 15.1 Å². The van der Waals surface area contributed by atoms with Crippen molar-refractivity contribution in [3.8, 4) is 0 Å². The molecule has 0 bridgehead atoms. The largest absolute Gasteiger partial charge is 0.368 e. The Labute approximate surface area is 110 Å². The first-order chi connectivity index (χ1) is 8.47. The van der Waals surface area contributed by atoms with Crippen LogP contribution in [0, 0.1) is 13.8 Å². The number of nitrogens with two attached hydrogens (primary N) is 1. The molecular formula is C11H14ClN5O. The smallest absolute Gasteiger partial charge is 0.223 e. The molecule has 0 aliphatic carbocycles. The number of halogens is 1. The fourth-order valence-electron chi connectivity index (χ4n) is 1.66. The molecule has 0 aliphatic rings. The van der Waals surface area contributed by atoms with Crippen LogP contribution in [-0.4, -0.2) is 22.2 Å². The zero-order valence-electron chi connectivity index (χ0n) is 10.4. The summed E-state index contributed by atoms with van der Waals surface area (Å²) in [6.07, 6.45) is 0.